The number of hydrogen-bond acceptors (Lipinski definition) is 5. The zero-order valence-corrected chi connectivity index (χ0v) is 15.4. The number of allylic oxidation sites excluding steroid dienone is 2. The van der Waals surface area contributed by atoms with E-state index in [1.165, 1.54) is 0 Å². The topological polar surface area (TPSA) is 70.2 Å². The van der Waals surface area contributed by atoms with E-state index in [1.54, 1.807) is 11.8 Å². The van der Waals surface area contributed by atoms with Crippen LogP contribution in [0.2, 0.25) is 0 Å². The van der Waals surface area contributed by atoms with Crippen molar-refractivity contribution in [2.75, 3.05) is 5.75 Å². The highest BCUT2D eigenvalue weighted by Gasteiger charge is 2.48. The van der Waals surface area contributed by atoms with Gasteiger partial charge in [-0.05, 0) is 18.4 Å². The van der Waals surface area contributed by atoms with Crippen LogP contribution < -0.4 is 16.0 Å². The Labute approximate surface area is 157 Å². The van der Waals surface area contributed by atoms with E-state index < -0.39 is 0 Å². The molecule has 0 radical (unpaired) electrons. The molecule has 0 aromatic heterocycles. The summed E-state index contributed by atoms with van der Waals surface area (Å²) in [5, 5.41) is 10.0. The molecule has 3 N–H and O–H groups in total. The van der Waals surface area contributed by atoms with E-state index in [0.29, 0.717) is 6.42 Å². The van der Waals surface area contributed by atoms with Gasteiger partial charge in [0.2, 0.25) is 5.91 Å². The van der Waals surface area contributed by atoms with E-state index in [4.69, 9.17) is 0 Å². The third-order valence-electron chi connectivity index (χ3n) is 5.26. The van der Waals surface area contributed by atoms with Crippen LogP contribution in [0.5, 0.6) is 0 Å². The van der Waals surface area contributed by atoms with E-state index >= 15 is 0 Å². The fourth-order valence-corrected chi connectivity index (χ4v) is 4.96. The fourth-order valence-electron chi connectivity index (χ4n) is 4.19. The van der Waals surface area contributed by atoms with Crippen LogP contribution in [0.4, 0.5) is 0 Å². The second kappa shape index (κ2) is 7.29. The molecule has 1 aromatic carbocycles. The molecule has 0 saturated carbocycles. The molecule has 0 bridgehead atoms. The number of carbonyl (C=O) groups excluding carboxylic acids is 2. The lowest BCUT2D eigenvalue weighted by Gasteiger charge is -2.47. The van der Waals surface area contributed by atoms with Gasteiger partial charge in [0.05, 0.1) is 12.1 Å². The summed E-state index contributed by atoms with van der Waals surface area (Å²) in [5.41, 5.74) is 2.68. The number of Topliss-reactive ketones (excluding diaryl/α,β-unsaturated/α-hetero) is 1. The molecule has 4 unspecified atom stereocenters. The zero-order valence-electron chi connectivity index (χ0n) is 14.5. The van der Waals surface area contributed by atoms with Crippen molar-refractivity contribution >= 4 is 23.5 Å². The van der Waals surface area contributed by atoms with Gasteiger partial charge in [-0.1, -0.05) is 36.4 Å². The molecule has 2 aliphatic heterocycles. The predicted molar refractivity (Wildman–Crippen MR) is 103 cm³/mol. The molecule has 3 aliphatic rings. The summed E-state index contributed by atoms with van der Waals surface area (Å²) < 4.78 is 0. The molecular formula is C20H23N3O2S. The highest BCUT2D eigenvalue weighted by atomic mass is 32.2. The first kappa shape index (κ1) is 17.4. The molecule has 1 amide bonds. The second-order valence-electron chi connectivity index (χ2n) is 6.88. The van der Waals surface area contributed by atoms with E-state index in [2.05, 4.69) is 22.5 Å². The van der Waals surface area contributed by atoms with Gasteiger partial charge in [0.15, 0.2) is 5.78 Å². The maximum absolute atomic E-state index is 13.0. The minimum absolute atomic E-state index is 0.0124. The Morgan fingerprint density at radius 3 is 2.73 bits per heavy atom. The summed E-state index contributed by atoms with van der Waals surface area (Å²) >= 11 is 1.60. The van der Waals surface area contributed by atoms with Crippen LogP contribution in [0.1, 0.15) is 30.7 Å². The highest BCUT2D eigenvalue weighted by Crippen LogP contribution is 2.43. The molecule has 2 heterocycles. The van der Waals surface area contributed by atoms with Crippen LogP contribution in [0.15, 0.2) is 54.3 Å². The third-order valence-corrected chi connectivity index (χ3v) is 6.28. The van der Waals surface area contributed by atoms with Crippen molar-refractivity contribution in [1.82, 2.24) is 16.0 Å². The van der Waals surface area contributed by atoms with Gasteiger partial charge in [-0.15, -0.1) is 18.3 Å². The molecule has 6 heteroatoms. The monoisotopic (exact) mass is 369 g/mol. The normalized spacial score (nSPS) is 30.8. The van der Waals surface area contributed by atoms with Crippen molar-refractivity contribution in [3.8, 4) is 0 Å². The lowest BCUT2D eigenvalue weighted by Crippen LogP contribution is -2.67. The lowest BCUT2D eigenvalue weighted by molar-refractivity contribution is -0.130. The van der Waals surface area contributed by atoms with Gasteiger partial charge in [0.1, 0.15) is 5.50 Å². The third kappa shape index (κ3) is 3.08. The number of carbonyl (C=O) groups is 2. The number of amides is 1. The first-order valence-corrected chi connectivity index (χ1v) is 10.1. The SMILES string of the molecule is C=CCSC1NC(=O)C2C(NC3=C(C(=O)CCC3)C2c2ccccc2)N1. The number of nitrogens with one attached hydrogen (secondary N) is 3. The Kier molecular flexibility index (Phi) is 4.87. The smallest absolute Gasteiger partial charge is 0.229 e. The molecule has 4 atom stereocenters. The Bertz CT molecular complexity index is 762. The number of ketones is 1. The predicted octanol–water partition coefficient (Wildman–Crippen LogP) is 2.24. The minimum atomic E-state index is -0.348. The number of fused-ring (bicyclic) bond motifs is 1. The van der Waals surface area contributed by atoms with Gasteiger partial charge in [-0.3, -0.25) is 14.9 Å². The molecule has 0 spiro atoms. The van der Waals surface area contributed by atoms with Gasteiger partial charge in [0, 0.05) is 29.4 Å². The second-order valence-corrected chi connectivity index (χ2v) is 8.02. The van der Waals surface area contributed by atoms with Crippen LogP contribution in [-0.2, 0) is 9.59 Å². The Balaban J connectivity index is 1.73. The number of hydrogen-bond donors (Lipinski definition) is 3. The van der Waals surface area contributed by atoms with Crippen molar-refractivity contribution in [2.45, 2.75) is 36.8 Å². The van der Waals surface area contributed by atoms with Crippen LogP contribution in [-0.4, -0.2) is 29.1 Å². The van der Waals surface area contributed by atoms with Crippen LogP contribution in [0.3, 0.4) is 0 Å². The van der Waals surface area contributed by atoms with Gasteiger partial charge in [0.25, 0.3) is 0 Å². The van der Waals surface area contributed by atoms with Gasteiger partial charge < -0.3 is 10.6 Å². The maximum Gasteiger partial charge on any atom is 0.229 e. The molecule has 1 saturated heterocycles. The van der Waals surface area contributed by atoms with Crippen molar-refractivity contribution in [3.05, 3.63) is 59.8 Å². The molecule has 1 aliphatic carbocycles. The first-order valence-electron chi connectivity index (χ1n) is 9.05. The van der Waals surface area contributed by atoms with Crippen LogP contribution >= 0.6 is 11.8 Å². The molecule has 4 rings (SSSR count). The fraction of sp³-hybridized carbons (Fsp3) is 0.400. The number of rotatable bonds is 4. The summed E-state index contributed by atoms with van der Waals surface area (Å²) in [6, 6.07) is 9.94. The summed E-state index contributed by atoms with van der Waals surface area (Å²) in [6.45, 7) is 3.74. The number of benzene rings is 1. The summed E-state index contributed by atoms with van der Waals surface area (Å²) in [5.74, 6) is 0.356. The molecular weight excluding hydrogens is 346 g/mol. The maximum atomic E-state index is 13.0. The minimum Gasteiger partial charge on any atom is -0.372 e. The summed E-state index contributed by atoms with van der Waals surface area (Å²) in [7, 11) is 0. The van der Waals surface area contributed by atoms with Crippen LogP contribution in [0, 0.1) is 5.92 Å². The average Bonchev–Trinajstić information content (AvgIpc) is 2.65. The number of thioether (sulfide) groups is 1. The summed E-state index contributed by atoms with van der Waals surface area (Å²) in [6.07, 6.45) is 3.94. The average molecular weight is 369 g/mol. The zero-order chi connectivity index (χ0) is 18.1. The Morgan fingerprint density at radius 2 is 1.96 bits per heavy atom. The van der Waals surface area contributed by atoms with Crippen LogP contribution in [0.25, 0.3) is 0 Å². The van der Waals surface area contributed by atoms with Crippen molar-refractivity contribution in [3.63, 3.8) is 0 Å². The lowest BCUT2D eigenvalue weighted by atomic mass is 9.70. The molecule has 1 aromatic rings. The Morgan fingerprint density at radius 1 is 1.15 bits per heavy atom. The van der Waals surface area contributed by atoms with E-state index in [0.717, 1.165) is 35.4 Å². The molecule has 1 fully saturated rings. The van der Waals surface area contributed by atoms with Gasteiger partial charge in [-0.25, -0.2) is 0 Å². The van der Waals surface area contributed by atoms with E-state index in [-0.39, 0.29) is 35.2 Å². The highest BCUT2D eigenvalue weighted by molar-refractivity contribution is 7.99. The van der Waals surface area contributed by atoms with Gasteiger partial charge >= 0.3 is 0 Å². The standard InChI is InChI=1S/C20H23N3O2S/c1-2-11-26-20-22-18-17(19(25)23-20)15(12-7-4-3-5-8-12)16-13(21-18)9-6-10-14(16)24/h2-5,7-8,15,17-18,20-22H,1,6,9-11H2,(H,23,25). The largest absolute Gasteiger partial charge is 0.372 e. The van der Waals surface area contributed by atoms with E-state index in [1.807, 2.05) is 36.4 Å². The summed E-state index contributed by atoms with van der Waals surface area (Å²) in [4.78, 5) is 25.7. The van der Waals surface area contributed by atoms with Crippen molar-refractivity contribution < 1.29 is 9.59 Å². The first-order chi connectivity index (χ1) is 12.7. The van der Waals surface area contributed by atoms with Crippen molar-refractivity contribution in [1.29, 1.82) is 0 Å². The molecule has 5 nitrogen and oxygen atoms in total. The quantitative estimate of drug-likeness (QED) is 0.710. The van der Waals surface area contributed by atoms with Crippen molar-refractivity contribution in [2.24, 2.45) is 5.92 Å². The van der Waals surface area contributed by atoms with Gasteiger partial charge in [-0.2, -0.15) is 0 Å². The Hall–Kier alpha value is -2.05. The molecule has 136 valence electrons. The molecule has 26 heavy (non-hydrogen) atoms. The van der Waals surface area contributed by atoms with E-state index in [9.17, 15) is 9.59 Å².